The zero-order valence-corrected chi connectivity index (χ0v) is 11.7. The summed E-state index contributed by atoms with van der Waals surface area (Å²) in [6.07, 6.45) is 4.08. The molecule has 0 aromatic heterocycles. The molecule has 0 aliphatic heterocycles. The summed E-state index contributed by atoms with van der Waals surface area (Å²) in [5.41, 5.74) is 1.13. The van der Waals surface area contributed by atoms with Gasteiger partial charge >= 0.3 is 6.16 Å². The first kappa shape index (κ1) is 13.1. The molecule has 3 nitrogen and oxygen atoms in total. The molecule has 0 amide bonds. The Morgan fingerprint density at radius 2 is 2.33 bits per heavy atom. The maximum Gasteiger partial charge on any atom is 0.508 e. The third-order valence-corrected chi connectivity index (χ3v) is 3.35. The van der Waals surface area contributed by atoms with Crippen LogP contribution in [0.25, 0.3) is 0 Å². The topological polar surface area (TPSA) is 35.5 Å². The molecule has 0 radical (unpaired) electrons. The molecule has 0 bridgehead atoms. The molecule has 0 heterocycles. The molecule has 0 spiro atoms. The van der Waals surface area contributed by atoms with E-state index in [1.54, 1.807) is 6.92 Å². The van der Waals surface area contributed by atoms with Gasteiger partial charge in [0.1, 0.15) is 6.10 Å². The molecular weight excluding hydrogens is 296 g/mol. The first-order valence-corrected chi connectivity index (χ1v) is 6.75. The van der Waals surface area contributed by atoms with Crippen LogP contribution in [-0.2, 0) is 9.47 Å². The first-order valence-electron chi connectivity index (χ1n) is 5.96. The number of hydrogen-bond donors (Lipinski definition) is 0. The van der Waals surface area contributed by atoms with Crippen molar-refractivity contribution >= 4 is 22.1 Å². The van der Waals surface area contributed by atoms with Crippen LogP contribution >= 0.6 is 15.9 Å². The molecule has 0 saturated heterocycles. The summed E-state index contributed by atoms with van der Waals surface area (Å²) in [4.78, 5) is 11.4. The molecule has 2 atom stereocenters. The third-order valence-electron chi connectivity index (χ3n) is 2.86. The molecular formula is C14H15BrO3. The van der Waals surface area contributed by atoms with E-state index in [-0.39, 0.29) is 12.0 Å². The van der Waals surface area contributed by atoms with Crippen LogP contribution in [0.3, 0.4) is 0 Å². The van der Waals surface area contributed by atoms with Crippen LogP contribution in [0.1, 0.15) is 24.8 Å². The van der Waals surface area contributed by atoms with Crippen molar-refractivity contribution in [2.45, 2.75) is 25.4 Å². The van der Waals surface area contributed by atoms with E-state index in [4.69, 9.17) is 9.47 Å². The Labute approximate surface area is 115 Å². The van der Waals surface area contributed by atoms with Crippen molar-refractivity contribution in [3.63, 3.8) is 0 Å². The summed E-state index contributed by atoms with van der Waals surface area (Å²) in [7, 11) is 0. The van der Waals surface area contributed by atoms with E-state index in [0.29, 0.717) is 6.61 Å². The Bertz CT molecular complexity index is 456. The van der Waals surface area contributed by atoms with E-state index >= 15 is 0 Å². The van der Waals surface area contributed by atoms with Gasteiger partial charge in [-0.3, -0.25) is 0 Å². The molecule has 1 aliphatic rings. The van der Waals surface area contributed by atoms with Gasteiger partial charge < -0.3 is 9.47 Å². The van der Waals surface area contributed by atoms with Crippen molar-refractivity contribution in [1.29, 1.82) is 0 Å². The van der Waals surface area contributed by atoms with E-state index in [1.807, 2.05) is 30.3 Å². The lowest BCUT2D eigenvalue weighted by Gasteiger charge is -2.19. The largest absolute Gasteiger partial charge is 0.508 e. The predicted octanol–water partition coefficient (Wildman–Crippen LogP) is 4.03. The zero-order valence-electron chi connectivity index (χ0n) is 10.1. The van der Waals surface area contributed by atoms with Crippen molar-refractivity contribution in [1.82, 2.24) is 0 Å². The van der Waals surface area contributed by atoms with Gasteiger partial charge in [-0.2, -0.15) is 0 Å². The van der Waals surface area contributed by atoms with Crippen LogP contribution in [0.2, 0.25) is 0 Å². The quantitative estimate of drug-likeness (QED) is 0.624. The van der Waals surface area contributed by atoms with E-state index in [0.717, 1.165) is 16.5 Å². The van der Waals surface area contributed by atoms with E-state index < -0.39 is 6.16 Å². The predicted molar refractivity (Wildman–Crippen MR) is 72.5 cm³/mol. The Morgan fingerprint density at radius 1 is 1.50 bits per heavy atom. The molecule has 1 aromatic rings. The SMILES string of the molecule is CCOC(=O)O[C@@H]1CC=C[C@H]1c1cccc(Br)c1. The van der Waals surface area contributed by atoms with E-state index in [9.17, 15) is 4.79 Å². The Balaban J connectivity index is 2.07. The molecule has 1 aliphatic carbocycles. The monoisotopic (exact) mass is 310 g/mol. The summed E-state index contributed by atoms with van der Waals surface area (Å²) < 4.78 is 11.2. The van der Waals surface area contributed by atoms with Gasteiger partial charge in [0, 0.05) is 16.8 Å². The molecule has 0 unspecified atom stereocenters. The number of carbonyl (C=O) groups excluding carboxylic acids is 1. The van der Waals surface area contributed by atoms with Gasteiger partial charge in [0.05, 0.1) is 6.61 Å². The average molecular weight is 311 g/mol. The zero-order chi connectivity index (χ0) is 13.0. The fraction of sp³-hybridized carbons (Fsp3) is 0.357. The third kappa shape index (κ3) is 3.13. The summed E-state index contributed by atoms with van der Waals surface area (Å²) in [6.45, 7) is 2.10. The second-order valence-electron chi connectivity index (χ2n) is 4.08. The molecule has 2 rings (SSSR count). The number of hydrogen-bond acceptors (Lipinski definition) is 3. The summed E-state index contributed by atoms with van der Waals surface area (Å²) in [6, 6.07) is 8.03. The Morgan fingerprint density at radius 3 is 3.06 bits per heavy atom. The highest BCUT2D eigenvalue weighted by atomic mass is 79.9. The van der Waals surface area contributed by atoms with E-state index in [2.05, 4.69) is 22.0 Å². The summed E-state index contributed by atoms with van der Waals surface area (Å²) >= 11 is 3.45. The van der Waals surface area contributed by atoms with Gasteiger partial charge in [-0.15, -0.1) is 0 Å². The Kier molecular flexibility index (Phi) is 4.42. The van der Waals surface area contributed by atoms with Crippen LogP contribution < -0.4 is 0 Å². The number of halogens is 1. The molecule has 0 N–H and O–H groups in total. The minimum Gasteiger partial charge on any atom is -0.435 e. The van der Waals surface area contributed by atoms with Crippen LogP contribution in [0.15, 0.2) is 40.9 Å². The van der Waals surface area contributed by atoms with Gasteiger partial charge in [0.15, 0.2) is 0 Å². The van der Waals surface area contributed by atoms with Crippen molar-refractivity contribution in [2.75, 3.05) is 6.61 Å². The maximum absolute atomic E-state index is 11.4. The van der Waals surface area contributed by atoms with Gasteiger partial charge in [0.2, 0.25) is 0 Å². The highest BCUT2D eigenvalue weighted by Gasteiger charge is 2.28. The van der Waals surface area contributed by atoms with Crippen LogP contribution in [0.4, 0.5) is 4.79 Å². The van der Waals surface area contributed by atoms with Crippen molar-refractivity contribution in [3.05, 3.63) is 46.5 Å². The molecule has 4 heteroatoms. The Hall–Kier alpha value is -1.29. The van der Waals surface area contributed by atoms with Crippen LogP contribution in [-0.4, -0.2) is 18.9 Å². The summed E-state index contributed by atoms with van der Waals surface area (Å²) in [5.74, 6) is 0.104. The molecule has 0 saturated carbocycles. The van der Waals surface area contributed by atoms with Crippen molar-refractivity contribution in [3.8, 4) is 0 Å². The van der Waals surface area contributed by atoms with Gasteiger partial charge in [0.25, 0.3) is 0 Å². The van der Waals surface area contributed by atoms with Gasteiger partial charge in [-0.1, -0.05) is 40.2 Å². The minimum atomic E-state index is -0.591. The van der Waals surface area contributed by atoms with Crippen molar-refractivity contribution in [2.24, 2.45) is 0 Å². The van der Waals surface area contributed by atoms with Gasteiger partial charge in [-0.05, 0) is 24.6 Å². The van der Waals surface area contributed by atoms with Crippen LogP contribution in [0, 0.1) is 0 Å². The van der Waals surface area contributed by atoms with Gasteiger partial charge in [-0.25, -0.2) is 4.79 Å². The fourth-order valence-corrected chi connectivity index (χ4v) is 2.48. The minimum absolute atomic E-state index is 0.104. The average Bonchev–Trinajstić information content (AvgIpc) is 2.77. The second kappa shape index (κ2) is 6.05. The van der Waals surface area contributed by atoms with Crippen LogP contribution in [0.5, 0.6) is 0 Å². The molecule has 96 valence electrons. The second-order valence-corrected chi connectivity index (χ2v) is 5.00. The lowest BCUT2D eigenvalue weighted by atomic mass is 9.96. The van der Waals surface area contributed by atoms with E-state index in [1.165, 1.54) is 0 Å². The highest BCUT2D eigenvalue weighted by molar-refractivity contribution is 9.10. The first-order chi connectivity index (χ1) is 8.70. The number of benzene rings is 1. The number of carbonyl (C=O) groups is 1. The fourth-order valence-electron chi connectivity index (χ4n) is 2.07. The molecule has 0 fully saturated rings. The number of rotatable bonds is 3. The maximum atomic E-state index is 11.4. The molecule has 18 heavy (non-hydrogen) atoms. The smallest absolute Gasteiger partial charge is 0.435 e. The molecule has 1 aromatic carbocycles. The van der Waals surface area contributed by atoms with Crippen molar-refractivity contribution < 1.29 is 14.3 Å². The lowest BCUT2D eigenvalue weighted by molar-refractivity contribution is 0.0253. The number of ether oxygens (including phenoxy) is 2. The standard InChI is InChI=1S/C14H15BrO3/c1-2-17-14(16)18-13-8-4-7-12(13)10-5-3-6-11(15)9-10/h3-7,9,12-13H,2,8H2,1H3/t12-,13+/m0/s1. The summed E-state index contributed by atoms with van der Waals surface area (Å²) in [5, 5.41) is 0. The highest BCUT2D eigenvalue weighted by Crippen LogP contribution is 2.32. The normalized spacial score (nSPS) is 21.9. The lowest BCUT2D eigenvalue weighted by Crippen LogP contribution is -2.22.